The van der Waals surface area contributed by atoms with Crippen molar-refractivity contribution in [2.75, 3.05) is 19.8 Å². The summed E-state index contributed by atoms with van der Waals surface area (Å²) in [7, 11) is -4.34. The predicted molar refractivity (Wildman–Crippen MR) is 240 cm³/mol. The number of unbranched alkanes of at least 4 members (excludes halogenated alkanes) is 34. The molecule has 0 bridgehead atoms. The average molecular weight is 815 g/mol. The Balaban J connectivity index is 4.10. The van der Waals surface area contributed by atoms with Crippen molar-refractivity contribution >= 4 is 13.7 Å². The zero-order chi connectivity index (χ0) is 41.1. The van der Waals surface area contributed by atoms with E-state index in [1.54, 1.807) is 6.08 Å². The summed E-state index contributed by atoms with van der Waals surface area (Å²) in [6.45, 7) is 4.17. The van der Waals surface area contributed by atoms with Crippen LogP contribution in [0.1, 0.15) is 251 Å². The second-order valence-corrected chi connectivity index (χ2v) is 18.1. The average Bonchev–Trinajstić information content (AvgIpc) is 3.19. The number of hydrogen-bond donors (Lipinski definition) is 4. The van der Waals surface area contributed by atoms with Gasteiger partial charge in [0.2, 0.25) is 5.91 Å². The molecule has 8 nitrogen and oxygen atoms in total. The Morgan fingerprint density at radius 1 is 0.571 bits per heavy atom. The smallest absolute Gasteiger partial charge is 0.387 e. The number of aliphatic hydroxyl groups is 1. The number of amides is 1. The number of carbonyl (C=O) groups excluding carboxylic acids is 1. The van der Waals surface area contributed by atoms with Crippen molar-refractivity contribution in [3.8, 4) is 0 Å². The monoisotopic (exact) mass is 815 g/mol. The van der Waals surface area contributed by atoms with Crippen LogP contribution in [-0.4, -0.2) is 47.8 Å². The molecule has 0 aromatic carbocycles. The zero-order valence-corrected chi connectivity index (χ0v) is 38.0. The van der Waals surface area contributed by atoms with Gasteiger partial charge < -0.3 is 21.1 Å². The standard InChI is InChI=1S/C47H95N2O6P/c1-3-5-7-9-11-13-15-17-19-21-22-23-24-25-26-28-30-32-34-36-38-40-46(50)45(44-55-56(52,53)54-43-42-48)49-47(51)41-39-37-35-33-31-29-27-20-18-16-14-12-10-8-6-4-2/h38,40,45-46,50H,3-37,39,41-44,48H2,1-2H3,(H,49,51)(H,52,53)/b40-38+. The highest BCUT2D eigenvalue weighted by atomic mass is 31.2. The number of phosphoric acid groups is 1. The maximum absolute atomic E-state index is 12.8. The van der Waals surface area contributed by atoms with Crippen molar-refractivity contribution in [1.29, 1.82) is 0 Å². The molecule has 0 aromatic rings. The SMILES string of the molecule is CCCCCCCCCCCCCCCCCCCCC/C=C/C(O)C(COP(=O)(O)OCCN)NC(=O)CCCCCCCCCCCCCCCCCC. The normalized spacial score (nSPS) is 14.0. The van der Waals surface area contributed by atoms with Crippen molar-refractivity contribution < 1.29 is 28.4 Å². The van der Waals surface area contributed by atoms with E-state index in [0.29, 0.717) is 6.42 Å². The summed E-state index contributed by atoms with van der Waals surface area (Å²) in [5.74, 6) is -0.189. The van der Waals surface area contributed by atoms with Gasteiger partial charge in [-0.05, 0) is 19.3 Å². The molecular weight excluding hydrogens is 719 g/mol. The van der Waals surface area contributed by atoms with Crippen molar-refractivity contribution in [2.24, 2.45) is 5.73 Å². The highest BCUT2D eigenvalue weighted by Gasteiger charge is 2.26. The Bertz CT molecular complexity index is 891. The first kappa shape index (κ1) is 55.2. The van der Waals surface area contributed by atoms with Gasteiger partial charge in [0.25, 0.3) is 0 Å². The lowest BCUT2D eigenvalue weighted by Crippen LogP contribution is -2.45. The number of nitrogens with one attached hydrogen (secondary N) is 1. The molecule has 3 unspecified atom stereocenters. The summed E-state index contributed by atoms with van der Waals surface area (Å²) in [5.41, 5.74) is 5.39. The molecule has 1 amide bonds. The van der Waals surface area contributed by atoms with E-state index in [0.717, 1.165) is 38.5 Å². The van der Waals surface area contributed by atoms with Crippen molar-refractivity contribution in [1.82, 2.24) is 5.32 Å². The van der Waals surface area contributed by atoms with Crippen LogP contribution in [-0.2, 0) is 18.4 Å². The maximum atomic E-state index is 12.8. The van der Waals surface area contributed by atoms with E-state index in [9.17, 15) is 19.4 Å². The highest BCUT2D eigenvalue weighted by Crippen LogP contribution is 2.43. The molecular formula is C47H95N2O6P. The summed E-state index contributed by atoms with van der Waals surface area (Å²) in [6.07, 6.45) is 49.8. The second-order valence-electron chi connectivity index (χ2n) is 16.7. The molecule has 9 heteroatoms. The highest BCUT2D eigenvalue weighted by molar-refractivity contribution is 7.47. The Morgan fingerprint density at radius 3 is 1.27 bits per heavy atom. The van der Waals surface area contributed by atoms with Crippen LogP contribution in [0.3, 0.4) is 0 Å². The first-order valence-electron chi connectivity index (χ1n) is 24.3. The molecule has 0 saturated carbocycles. The molecule has 3 atom stereocenters. The van der Waals surface area contributed by atoms with Crippen LogP contribution < -0.4 is 11.1 Å². The van der Waals surface area contributed by atoms with Crippen LogP contribution in [0.4, 0.5) is 0 Å². The van der Waals surface area contributed by atoms with Gasteiger partial charge in [-0.15, -0.1) is 0 Å². The van der Waals surface area contributed by atoms with Gasteiger partial charge in [-0.3, -0.25) is 13.8 Å². The Hall–Kier alpha value is -0.760. The molecule has 5 N–H and O–H groups in total. The third kappa shape index (κ3) is 41.4. The van der Waals surface area contributed by atoms with E-state index < -0.39 is 20.0 Å². The lowest BCUT2D eigenvalue weighted by Gasteiger charge is -2.23. The molecule has 0 spiro atoms. The molecule has 0 aliphatic carbocycles. The topological polar surface area (TPSA) is 131 Å². The van der Waals surface area contributed by atoms with E-state index in [4.69, 9.17) is 14.8 Å². The third-order valence-electron chi connectivity index (χ3n) is 11.1. The largest absolute Gasteiger partial charge is 0.472 e. The van der Waals surface area contributed by atoms with Crippen LogP contribution in [0.15, 0.2) is 12.2 Å². The zero-order valence-electron chi connectivity index (χ0n) is 37.1. The number of phosphoric ester groups is 1. The summed E-state index contributed by atoms with van der Waals surface area (Å²) >= 11 is 0. The van der Waals surface area contributed by atoms with Crippen LogP contribution in [0, 0.1) is 0 Å². The van der Waals surface area contributed by atoms with Gasteiger partial charge in [0.05, 0.1) is 25.4 Å². The van der Waals surface area contributed by atoms with E-state index in [-0.39, 0.29) is 25.7 Å². The van der Waals surface area contributed by atoms with E-state index in [1.807, 2.05) is 6.08 Å². The van der Waals surface area contributed by atoms with E-state index in [1.165, 1.54) is 193 Å². The number of nitrogens with two attached hydrogens (primary N) is 1. The fourth-order valence-corrected chi connectivity index (χ4v) is 8.19. The fourth-order valence-electron chi connectivity index (χ4n) is 7.43. The Labute approximate surface area is 347 Å². The number of aliphatic hydroxyl groups excluding tert-OH is 1. The fraction of sp³-hybridized carbons (Fsp3) is 0.936. The van der Waals surface area contributed by atoms with Gasteiger partial charge in [0.1, 0.15) is 0 Å². The van der Waals surface area contributed by atoms with Gasteiger partial charge in [-0.1, -0.05) is 238 Å². The summed E-state index contributed by atoms with van der Waals surface area (Å²) in [5, 5.41) is 13.7. The predicted octanol–water partition coefficient (Wildman–Crippen LogP) is 14.0. The quantitative estimate of drug-likeness (QED) is 0.0273. The van der Waals surface area contributed by atoms with Gasteiger partial charge in [0.15, 0.2) is 0 Å². The molecule has 0 fully saturated rings. The molecule has 0 aliphatic rings. The van der Waals surface area contributed by atoms with Crippen LogP contribution in [0.2, 0.25) is 0 Å². The van der Waals surface area contributed by atoms with Crippen LogP contribution in [0.25, 0.3) is 0 Å². The molecule has 0 aromatic heterocycles. The first-order valence-corrected chi connectivity index (χ1v) is 25.8. The minimum atomic E-state index is -4.34. The van der Waals surface area contributed by atoms with Crippen molar-refractivity contribution in [2.45, 2.75) is 264 Å². The molecule has 0 heterocycles. The first-order chi connectivity index (χ1) is 27.4. The molecule has 0 radical (unpaired) electrons. The van der Waals surface area contributed by atoms with Crippen molar-refractivity contribution in [3.63, 3.8) is 0 Å². The minimum absolute atomic E-state index is 0.0816. The number of carbonyl (C=O) groups is 1. The minimum Gasteiger partial charge on any atom is -0.387 e. The van der Waals surface area contributed by atoms with Gasteiger partial charge in [-0.25, -0.2) is 4.57 Å². The number of hydrogen-bond acceptors (Lipinski definition) is 6. The second kappa shape index (κ2) is 43.8. The van der Waals surface area contributed by atoms with Gasteiger partial charge in [0, 0.05) is 13.0 Å². The van der Waals surface area contributed by atoms with E-state index in [2.05, 4.69) is 19.2 Å². The maximum Gasteiger partial charge on any atom is 0.472 e. The molecule has 0 aliphatic heterocycles. The number of rotatable bonds is 46. The molecule has 334 valence electrons. The Kier molecular flexibility index (Phi) is 43.2. The molecule has 0 rings (SSSR count). The lowest BCUT2D eigenvalue weighted by molar-refractivity contribution is -0.123. The Morgan fingerprint density at radius 2 is 0.911 bits per heavy atom. The lowest BCUT2D eigenvalue weighted by atomic mass is 10.0. The van der Waals surface area contributed by atoms with E-state index >= 15 is 0 Å². The third-order valence-corrected chi connectivity index (χ3v) is 12.1. The molecule has 56 heavy (non-hydrogen) atoms. The van der Waals surface area contributed by atoms with Gasteiger partial charge >= 0.3 is 7.82 Å². The molecule has 0 saturated heterocycles. The van der Waals surface area contributed by atoms with Crippen LogP contribution in [0.5, 0.6) is 0 Å². The summed E-state index contributed by atoms with van der Waals surface area (Å²) in [4.78, 5) is 22.8. The van der Waals surface area contributed by atoms with Crippen LogP contribution >= 0.6 is 7.82 Å². The summed E-state index contributed by atoms with van der Waals surface area (Å²) in [6, 6.07) is -0.855. The summed E-state index contributed by atoms with van der Waals surface area (Å²) < 4.78 is 22.2. The number of allylic oxidation sites excluding steroid dienone is 1. The van der Waals surface area contributed by atoms with Gasteiger partial charge in [-0.2, -0.15) is 0 Å². The van der Waals surface area contributed by atoms with Crippen molar-refractivity contribution in [3.05, 3.63) is 12.2 Å².